The minimum atomic E-state index is -1.40. The number of anilines is 1. The van der Waals surface area contributed by atoms with Crippen molar-refractivity contribution in [3.05, 3.63) is 83.7 Å². The van der Waals surface area contributed by atoms with Crippen LogP contribution in [0.4, 0.5) is 18.9 Å². The van der Waals surface area contributed by atoms with Gasteiger partial charge in [-0.25, -0.2) is 13.2 Å². The summed E-state index contributed by atoms with van der Waals surface area (Å²) >= 11 is 0. The van der Waals surface area contributed by atoms with Gasteiger partial charge < -0.3 is 9.84 Å². The van der Waals surface area contributed by atoms with E-state index in [0.717, 1.165) is 4.90 Å². The molecule has 0 radical (unpaired) electrons. The van der Waals surface area contributed by atoms with Crippen LogP contribution in [0.1, 0.15) is 31.1 Å². The van der Waals surface area contributed by atoms with E-state index in [1.165, 1.54) is 18.2 Å². The van der Waals surface area contributed by atoms with Crippen molar-refractivity contribution in [2.75, 3.05) is 11.4 Å². The molecule has 0 heterocycles. The standard InChI is InChI=1S/C25H22F3NO4/c1-25(2,3)33-22(31)14-29(24(32)23-19(27)12-16(26)13-20(23)28)17-8-6-7-15(11-17)18-9-4-5-10-21(18)30/h4-13,30H,14H2,1-3H3. The zero-order valence-corrected chi connectivity index (χ0v) is 18.2. The Kier molecular flexibility index (Phi) is 6.76. The summed E-state index contributed by atoms with van der Waals surface area (Å²) in [5.74, 6) is -6.00. The predicted octanol–water partition coefficient (Wildman–Crippen LogP) is 5.47. The molecule has 0 aliphatic rings. The summed E-state index contributed by atoms with van der Waals surface area (Å²) in [6, 6.07) is 13.4. The third kappa shape index (κ3) is 5.71. The quantitative estimate of drug-likeness (QED) is 0.517. The zero-order valence-electron chi connectivity index (χ0n) is 18.2. The number of phenols is 1. The number of phenolic OH excluding ortho intramolecular Hbond substituents is 1. The fourth-order valence-corrected chi connectivity index (χ4v) is 3.22. The highest BCUT2D eigenvalue weighted by atomic mass is 19.1. The highest BCUT2D eigenvalue weighted by molar-refractivity contribution is 6.09. The second-order valence-corrected chi connectivity index (χ2v) is 8.29. The van der Waals surface area contributed by atoms with E-state index in [1.807, 2.05) is 0 Å². The van der Waals surface area contributed by atoms with Crippen molar-refractivity contribution in [3.63, 3.8) is 0 Å². The van der Waals surface area contributed by atoms with Crippen LogP contribution in [0.25, 0.3) is 11.1 Å². The van der Waals surface area contributed by atoms with Crippen LogP contribution in [0.3, 0.4) is 0 Å². The maximum Gasteiger partial charge on any atom is 0.326 e. The van der Waals surface area contributed by atoms with Crippen molar-refractivity contribution in [1.29, 1.82) is 0 Å². The Balaban J connectivity index is 2.08. The molecule has 8 heteroatoms. The summed E-state index contributed by atoms with van der Waals surface area (Å²) in [5, 5.41) is 10.2. The molecule has 0 fully saturated rings. The molecule has 0 spiro atoms. The topological polar surface area (TPSA) is 66.8 Å². The number of hydrogen-bond donors (Lipinski definition) is 1. The SMILES string of the molecule is CC(C)(C)OC(=O)CN(C(=O)c1c(F)cc(F)cc1F)c1cccc(-c2ccccc2O)c1. The molecule has 0 unspecified atom stereocenters. The Labute approximate surface area is 189 Å². The van der Waals surface area contributed by atoms with E-state index >= 15 is 0 Å². The van der Waals surface area contributed by atoms with Crippen LogP contribution in [-0.2, 0) is 9.53 Å². The van der Waals surface area contributed by atoms with Crippen LogP contribution < -0.4 is 4.90 Å². The van der Waals surface area contributed by atoms with E-state index < -0.39 is 47.0 Å². The van der Waals surface area contributed by atoms with Crippen molar-refractivity contribution in [1.82, 2.24) is 0 Å². The molecule has 0 saturated heterocycles. The van der Waals surface area contributed by atoms with Crippen LogP contribution in [-0.4, -0.2) is 29.1 Å². The third-order valence-electron chi connectivity index (χ3n) is 4.55. The Morgan fingerprint density at radius 3 is 2.18 bits per heavy atom. The van der Waals surface area contributed by atoms with Crippen LogP contribution in [0.15, 0.2) is 60.7 Å². The van der Waals surface area contributed by atoms with E-state index in [1.54, 1.807) is 51.1 Å². The molecule has 33 heavy (non-hydrogen) atoms. The van der Waals surface area contributed by atoms with Crippen molar-refractivity contribution in [2.45, 2.75) is 26.4 Å². The third-order valence-corrected chi connectivity index (χ3v) is 4.55. The van der Waals surface area contributed by atoms with Crippen LogP contribution in [0.5, 0.6) is 5.75 Å². The number of para-hydroxylation sites is 1. The van der Waals surface area contributed by atoms with E-state index in [2.05, 4.69) is 0 Å². The summed E-state index contributed by atoms with van der Waals surface area (Å²) in [4.78, 5) is 26.5. The molecule has 172 valence electrons. The highest BCUT2D eigenvalue weighted by Crippen LogP contribution is 2.32. The number of halogens is 3. The number of carbonyl (C=O) groups excluding carboxylic acids is 2. The van der Waals surface area contributed by atoms with Crippen LogP contribution in [0.2, 0.25) is 0 Å². The van der Waals surface area contributed by atoms with E-state index in [9.17, 15) is 27.9 Å². The first-order chi connectivity index (χ1) is 15.5. The lowest BCUT2D eigenvalue weighted by atomic mass is 10.0. The monoisotopic (exact) mass is 457 g/mol. The molecule has 5 nitrogen and oxygen atoms in total. The van der Waals surface area contributed by atoms with Gasteiger partial charge in [0.05, 0.1) is 0 Å². The van der Waals surface area contributed by atoms with Gasteiger partial charge in [0, 0.05) is 23.4 Å². The predicted molar refractivity (Wildman–Crippen MR) is 117 cm³/mol. The van der Waals surface area contributed by atoms with Gasteiger partial charge in [-0.15, -0.1) is 0 Å². The molecule has 0 saturated carbocycles. The number of aromatic hydroxyl groups is 1. The number of rotatable bonds is 5. The maximum absolute atomic E-state index is 14.4. The molecule has 1 amide bonds. The Bertz CT molecular complexity index is 1180. The first-order valence-electron chi connectivity index (χ1n) is 10.0. The van der Waals surface area contributed by atoms with Crippen molar-refractivity contribution in [2.24, 2.45) is 0 Å². The van der Waals surface area contributed by atoms with Gasteiger partial charge >= 0.3 is 5.97 Å². The minimum Gasteiger partial charge on any atom is -0.507 e. The second kappa shape index (κ2) is 9.36. The first-order valence-corrected chi connectivity index (χ1v) is 10.0. The lowest BCUT2D eigenvalue weighted by molar-refractivity contribution is -0.152. The second-order valence-electron chi connectivity index (χ2n) is 8.29. The minimum absolute atomic E-state index is 0.0182. The molecule has 0 aliphatic heterocycles. The molecule has 0 aromatic heterocycles. The summed E-state index contributed by atoms with van der Waals surface area (Å²) in [6.45, 7) is 4.25. The van der Waals surface area contributed by atoms with E-state index in [-0.39, 0.29) is 11.4 Å². The molecule has 0 atom stereocenters. The molecule has 0 bridgehead atoms. The summed E-state index contributed by atoms with van der Waals surface area (Å²) < 4.78 is 47.4. The van der Waals surface area contributed by atoms with Gasteiger partial charge in [0.15, 0.2) is 0 Å². The molecule has 3 aromatic rings. The van der Waals surface area contributed by atoms with Gasteiger partial charge in [0.2, 0.25) is 0 Å². The fraction of sp³-hybridized carbons (Fsp3) is 0.200. The molecule has 3 rings (SSSR count). The number of nitrogens with zero attached hydrogens (tertiary/aromatic N) is 1. The lowest BCUT2D eigenvalue weighted by Crippen LogP contribution is -2.39. The van der Waals surface area contributed by atoms with Crippen LogP contribution >= 0.6 is 0 Å². The van der Waals surface area contributed by atoms with Gasteiger partial charge in [0.1, 0.15) is 40.9 Å². The van der Waals surface area contributed by atoms with E-state index in [4.69, 9.17) is 4.74 Å². The average Bonchev–Trinajstić information content (AvgIpc) is 2.70. The van der Waals surface area contributed by atoms with Gasteiger partial charge in [-0.2, -0.15) is 0 Å². The number of carbonyl (C=O) groups is 2. The number of ether oxygens (including phenoxy) is 1. The van der Waals surface area contributed by atoms with Gasteiger partial charge in [0.25, 0.3) is 5.91 Å². The normalized spacial score (nSPS) is 11.2. The highest BCUT2D eigenvalue weighted by Gasteiger charge is 2.29. The molecule has 1 N–H and O–H groups in total. The molecule has 0 aliphatic carbocycles. The lowest BCUT2D eigenvalue weighted by Gasteiger charge is -2.26. The van der Waals surface area contributed by atoms with Gasteiger partial charge in [-0.05, 0) is 44.5 Å². The smallest absolute Gasteiger partial charge is 0.326 e. The molecular weight excluding hydrogens is 435 g/mol. The largest absolute Gasteiger partial charge is 0.507 e. The maximum atomic E-state index is 14.4. The average molecular weight is 457 g/mol. The zero-order chi connectivity index (χ0) is 24.3. The van der Waals surface area contributed by atoms with Crippen LogP contribution in [0, 0.1) is 17.5 Å². The number of benzene rings is 3. The number of hydrogen-bond acceptors (Lipinski definition) is 4. The van der Waals surface area contributed by atoms with Crippen molar-refractivity contribution in [3.8, 4) is 16.9 Å². The number of esters is 1. The van der Waals surface area contributed by atoms with Gasteiger partial charge in [-0.3, -0.25) is 14.5 Å². The Hall–Kier alpha value is -3.81. The summed E-state index contributed by atoms with van der Waals surface area (Å²) in [7, 11) is 0. The van der Waals surface area contributed by atoms with Gasteiger partial charge in [-0.1, -0.05) is 30.3 Å². The Morgan fingerprint density at radius 1 is 0.939 bits per heavy atom. The fourth-order valence-electron chi connectivity index (χ4n) is 3.22. The molecular formula is C25H22F3NO4. The molecule has 3 aromatic carbocycles. The van der Waals surface area contributed by atoms with Crippen molar-refractivity contribution < 1.29 is 32.6 Å². The summed E-state index contributed by atoms with van der Waals surface area (Å²) in [5.41, 5.74) is -0.811. The Morgan fingerprint density at radius 2 is 1.58 bits per heavy atom. The first kappa shape index (κ1) is 23.8. The van der Waals surface area contributed by atoms with Crippen molar-refractivity contribution >= 4 is 17.6 Å². The number of amides is 1. The summed E-state index contributed by atoms with van der Waals surface area (Å²) in [6.07, 6.45) is 0. The van der Waals surface area contributed by atoms with E-state index in [0.29, 0.717) is 23.3 Å².